The summed E-state index contributed by atoms with van der Waals surface area (Å²) in [5, 5.41) is 0. The number of hydrogen-bond acceptors (Lipinski definition) is 2. The molecule has 0 atom stereocenters. The molecule has 0 unspecified atom stereocenters. The van der Waals surface area contributed by atoms with E-state index >= 15 is 0 Å². The van der Waals surface area contributed by atoms with Crippen LogP contribution in [0.3, 0.4) is 0 Å². The van der Waals surface area contributed by atoms with Crippen LogP contribution in [0, 0.1) is 0 Å². The van der Waals surface area contributed by atoms with Crippen LogP contribution in [0.4, 0.5) is 0 Å². The number of sulfonamides is 1. The molecular formula is C14H15N3O2S. The maximum atomic E-state index is 11.6. The molecule has 0 aliphatic rings. The summed E-state index contributed by atoms with van der Waals surface area (Å²) in [4.78, 5) is 6.67. The first-order valence-electron chi connectivity index (χ1n) is 6.26. The number of hydrogen-bond donors (Lipinski definition) is 3. The molecule has 2 heterocycles. The zero-order valence-electron chi connectivity index (χ0n) is 11.0. The molecule has 0 saturated heterocycles. The third-order valence-electron chi connectivity index (χ3n) is 3.37. The second-order valence-corrected chi connectivity index (χ2v) is 6.50. The Bertz CT molecular complexity index is 829. The maximum Gasteiger partial charge on any atom is 0.240 e. The normalized spacial score (nSPS) is 12.1. The maximum absolute atomic E-state index is 11.6. The van der Waals surface area contributed by atoms with Gasteiger partial charge in [0, 0.05) is 18.8 Å². The van der Waals surface area contributed by atoms with Crippen molar-refractivity contribution in [3.05, 3.63) is 53.9 Å². The van der Waals surface area contributed by atoms with Gasteiger partial charge in [-0.25, -0.2) is 13.1 Å². The van der Waals surface area contributed by atoms with Crippen LogP contribution in [0.1, 0.15) is 11.1 Å². The van der Waals surface area contributed by atoms with Crippen molar-refractivity contribution >= 4 is 21.1 Å². The number of H-pyrrole nitrogens is 2. The molecule has 0 amide bonds. The molecule has 1 aromatic carbocycles. The van der Waals surface area contributed by atoms with Gasteiger partial charge in [-0.2, -0.15) is 0 Å². The molecule has 20 heavy (non-hydrogen) atoms. The smallest absolute Gasteiger partial charge is 0.240 e. The second kappa shape index (κ2) is 4.81. The highest BCUT2D eigenvalue weighted by Crippen LogP contribution is 2.20. The van der Waals surface area contributed by atoms with Gasteiger partial charge in [0.2, 0.25) is 10.0 Å². The number of nitrogens with one attached hydrogen (secondary N) is 3. The second-order valence-electron chi connectivity index (χ2n) is 4.61. The Morgan fingerprint density at radius 2 is 1.85 bits per heavy atom. The summed E-state index contributed by atoms with van der Waals surface area (Å²) in [6.07, 6.45) is 4.62. The van der Waals surface area contributed by atoms with Crippen molar-refractivity contribution in [2.45, 2.75) is 11.3 Å². The summed E-state index contributed by atoms with van der Waals surface area (Å²) in [5.41, 5.74) is 4.40. The summed E-state index contributed by atoms with van der Waals surface area (Å²) < 4.78 is 25.6. The molecule has 0 radical (unpaired) electrons. The summed E-state index contributed by atoms with van der Waals surface area (Å²) >= 11 is 0. The van der Waals surface area contributed by atoms with Gasteiger partial charge in [0.1, 0.15) is 0 Å². The lowest BCUT2D eigenvalue weighted by molar-refractivity contribution is 0.588. The van der Waals surface area contributed by atoms with E-state index in [1.165, 1.54) is 7.05 Å². The van der Waals surface area contributed by atoms with Gasteiger partial charge < -0.3 is 9.97 Å². The number of benzene rings is 1. The number of fused-ring (bicyclic) bond motifs is 1. The monoisotopic (exact) mass is 289 g/mol. The number of aromatic nitrogens is 2. The van der Waals surface area contributed by atoms with Crippen molar-refractivity contribution in [3.8, 4) is 0 Å². The summed E-state index contributed by atoms with van der Waals surface area (Å²) in [7, 11) is -1.96. The van der Waals surface area contributed by atoms with E-state index in [-0.39, 0.29) is 4.90 Å². The minimum absolute atomic E-state index is 0.280. The first-order valence-corrected chi connectivity index (χ1v) is 7.74. The third-order valence-corrected chi connectivity index (χ3v) is 4.80. The van der Waals surface area contributed by atoms with E-state index in [9.17, 15) is 8.42 Å². The van der Waals surface area contributed by atoms with Crippen LogP contribution in [0.15, 0.2) is 47.6 Å². The van der Waals surface area contributed by atoms with Crippen LogP contribution in [0.25, 0.3) is 11.0 Å². The Kier molecular flexibility index (Phi) is 3.11. The molecule has 6 heteroatoms. The Balaban J connectivity index is 1.87. The van der Waals surface area contributed by atoms with Crippen LogP contribution in [-0.2, 0) is 16.4 Å². The van der Waals surface area contributed by atoms with Gasteiger partial charge >= 0.3 is 0 Å². The highest BCUT2D eigenvalue weighted by molar-refractivity contribution is 7.89. The summed E-state index contributed by atoms with van der Waals surface area (Å²) in [5.74, 6) is 0. The van der Waals surface area contributed by atoms with E-state index in [4.69, 9.17) is 0 Å². The zero-order chi connectivity index (χ0) is 14.2. The topological polar surface area (TPSA) is 77.8 Å². The van der Waals surface area contributed by atoms with Gasteiger partial charge in [-0.15, -0.1) is 0 Å². The van der Waals surface area contributed by atoms with Crippen LogP contribution >= 0.6 is 0 Å². The Morgan fingerprint density at radius 1 is 1.10 bits per heavy atom. The summed E-state index contributed by atoms with van der Waals surface area (Å²) in [6, 6.07) is 8.92. The van der Waals surface area contributed by atoms with E-state index in [1.54, 1.807) is 12.1 Å². The van der Waals surface area contributed by atoms with E-state index in [0.717, 1.165) is 28.6 Å². The molecule has 2 aromatic heterocycles. The van der Waals surface area contributed by atoms with Gasteiger partial charge in [-0.3, -0.25) is 0 Å². The minimum atomic E-state index is -3.37. The largest absolute Gasteiger partial charge is 0.360 e. The quantitative estimate of drug-likeness (QED) is 0.687. The number of rotatable bonds is 4. The van der Waals surface area contributed by atoms with Crippen LogP contribution in [-0.4, -0.2) is 25.4 Å². The van der Waals surface area contributed by atoms with Gasteiger partial charge in [0.15, 0.2) is 0 Å². The van der Waals surface area contributed by atoms with Gasteiger partial charge in [-0.05, 0) is 36.4 Å². The summed E-state index contributed by atoms with van der Waals surface area (Å²) in [6.45, 7) is 0. The molecule has 0 aliphatic heterocycles. The van der Waals surface area contributed by atoms with Crippen molar-refractivity contribution < 1.29 is 8.42 Å². The van der Waals surface area contributed by atoms with E-state index in [2.05, 4.69) is 14.7 Å². The van der Waals surface area contributed by atoms with Gasteiger partial charge in [-0.1, -0.05) is 12.1 Å². The molecule has 0 saturated carbocycles. The first-order chi connectivity index (χ1) is 9.60. The van der Waals surface area contributed by atoms with Crippen molar-refractivity contribution in [2.24, 2.45) is 0 Å². The van der Waals surface area contributed by atoms with E-state index in [0.29, 0.717) is 0 Å². The average molecular weight is 289 g/mol. The minimum Gasteiger partial charge on any atom is -0.360 e. The van der Waals surface area contributed by atoms with Gasteiger partial charge in [0.05, 0.1) is 15.9 Å². The Morgan fingerprint density at radius 3 is 2.55 bits per heavy atom. The zero-order valence-corrected chi connectivity index (χ0v) is 11.8. The SMILES string of the molecule is CNS(=O)(=O)c1ccc(Cc2c[nH]c3cc[nH]c23)cc1. The van der Waals surface area contributed by atoms with Crippen molar-refractivity contribution in [1.82, 2.24) is 14.7 Å². The molecule has 0 bridgehead atoms. The molecule has 0 fully saturated rings. The Hall–Kier alpha value is -2.05. The average Bonchev–Trinajstić information content (AvgIpc) is 3.04. The third kappa shape index (κ3) is 2.23. The van der Waals surface area contributed by atoms with Crippen molar-refractivity contribution in [3.63, 3.8) is 0 Å². The lowest BCUT2D eigenvalue weighted by Gasteiger charge is -2.04. The van der Waals surface area contributed by atoms with Crippen molar-refractivity contribution in [1.29, 1.82) is 0 Å². The molecule has 0 spiro atoms. The van der Waals surface area contributed by atoms with Crippen molar-refractivity contribution in [2.75, 3.05) is 7.05 Å². The van der Waals surface area contributed by atoms with E-state index in [1.807, 2.05) is 30.6 Å². The highest BCUT2D eigenvalue weighted by atomic mass is 32.2. The molecule has 5 nitrogen and oxygen atoms in total. The van der Waals surface area contributed by atoms with E-state index < -0.39 is 10.0 Å². The first kappa shape index (κ1) is 13.0. The molecular weight excluding hydrogens is 274 g/mol. The fourth-order valence-electron chi connectivity index (χ4n) is 2.26. The molecule has 3 N–H and O–H groups in total. The Labute approximate surface area is 117 Å². The fraction of sp³-hybridized carbons (Fsp3) is 0.143. The van der Waals surface area contributed by atoms with Crippen LogP contribution in [0.2, 0.25) is 0 Å². The van der Waals surface area contributed by atoms with Gasteiger partial charge in [0.25, 0.3) is 0 Å². The molecule has 0 aliphatic carbocycles. The number of aromatic amines is 2. The predicted molar refractivity (Wildman–Crippen MR) is 78.1 cm³/mol. The lowest BCUT2D eigenvalue weighted by atomic mass is 10.1. The van der Waals surface area contributed by atoms with Crippen LogP contribution < -0.4 is 4.72 Å². The lowest BCUT2D eigenvalue weighted by Crippen LogP contribution is -2.18. The molecule has 3 aromatic rings. The fourth-order valence-corrected chi connectivity index (χ4v) is 2.99. The standard InChI is InChI=1S/C14H15N3O2S/c1-15-20(18,19)12-4-2-10(3-5-12)8-11-9-17-13-6-7-16-14(11)13/h2-7,9,15-17H,8H2,1H3. The predicted octanol–water partition coefficient (Wildman–Crippen LogP) is 1.99. The van der Waals surface area contributed by atoms with Crippen LogP contribution in [0.5, 0.6) is 0 Å². The molecule has 104 valence electrons. The molecule has 3 rings (SSSR count). The highest BCUT2D eigenvalue weighted by Gasteiger charge is 2.11.